The van der Waals surface area contributed by atoms with Gasteiger partial charge in [0.05, 0.1) is 13.2 Å². The van der Waals surface area contributed by atoms with E-state index in [9.17, 15) is 0 Å². The van der Waals surface area contributed by atoms with Gasteiger partial charge in [-0.25, -0.2) is 0 Å². The Bertz CT molecular complexity index is 545. The van der Waals surface area contributed by atoms with Crippen molar-refractivity contribution in [1.29, 1.82) is 0 Å². The fraction of sp³-hybridized carbons (Fsp3) is 0.200. The summed E-state index contributed by atoms with van der Waals surface area (Å²) in [6, 6.07) is 16.2. The van der Waals surface area contributed by atoms with Crippen LogP contribution in [0, 0.1) is 0 Å². The summed E-state index contributed by atoms with van der Waals surface area (Å²) in [5, 5.41) is 0. The monoisotopic (exact) mass is 320 g/mol. The molecule has 0 aliphatic heterocycles. The van der Waals surface area contributed by atoms with E-state index in [1.54, 1.807) is 7.11 Å². The SMILES string of the molecule is COc1ccccc1C(Cc1cccc(Br)c1)NN. The zero-order valence-corrected chi connectivity index (χ0v) is 12.4. The van der Waals surface area contributed by atoms with Crippen LogP contribution in [0.3, 0.4) is 0 Å². The summed E-state index contributed by atoms with van der Waals surface area (Å²) in [7, 11) is 1.67. The molecule has 0 radical (unpaired) electrons. The zero-order chi connectivity index (χ0) is 13.7. The van der Waals surface area contributed by atoms with E-state index in [2.05, 4.69) is 33.5 Å². The third-order valence-corrected chi connectivity index (χ3v) is 3.54. The lowest BCUT2D eigenvalue weighted by molar-refractivity contribution is 0.399. The first-order valence-corrected chi connectivity index (χ1v) is 6.87. The molecule has 2 aromatic carbocycles. The lowest BCUT2D eigenvalue weighted by atomic mass is 9.98. The number of nitrogens with two attached hydrogens (primary N) is 1. The highest BCUT2D eigenvalue weighted by Gasteiger charge is 2.14. The van der Waals surface area contributed by atoms with E-state index < -0.39 is 0 Å². The van der Waals surface area contributed by atoms with Gasteiger partial charge in [0.25, 0.3) is 0 Å². The quantitative estimate of drug-likeness (QED) is 0.657. The minimum atomic E-state index is 0.0189. The van der Waals surface area contributed by atoms with E-state index in [0.717, 1.165) is 22.2 Å². The molecule has 3 N–H and O–H groups in total. The molecule has 0 aromatic heterocycles. The minimum Gasteiger partial charge on any atom is -0.496 e. The Morgan fingerprint density at radius 2 is 2.00 bits per heavy atom. The number of hydrogen-bond donors (Lipinski definition) is 2. The topological polar surface area (TPSA) is 47.3 Å². The van der Waals surface area contributed by atoms with Crippen LogP contribution in [-0.2, 0) is 6.42 Å². The van der Waals surface area contributed by atoms with Crippen molar-refractivity contribution in [3.05, 3.63) is 64.1 Å². The molecular weight excluding hydrogens is 304 g/mol. The molecule has 1 unspecified atom stereocenters. The van der Waals surface area contributed by atoms with Gasteiger partial charge in [-0.3, -0.25) is 11.3 Å². The number of benzene rings is 2. The van der Waals surface area contributed by atoms with Gasteiger partial charge in [-0.2, -0.15) is 0 Å². The van der Waals surface area contributed by atoms with Crippen molar-refractivity contribution < 1.29 is 4.74 Å². The summed E-state index contributed by atoms with van der Waals surface area (Å²) < 4.78 is 6.45. The lowest BCUT2D eigenvalue weighted by Crippen LogP contribution is -2.29. The van der Waals surface area contributed by atoms with Crippen LogP contribution in [0.1, 0.15) is 17.2 Å². The molecule has 0 fully saturated rings. The molecule has 3 nitrogen and oxygen atoms in total. The number of hydrogen-bond acceptors (Lipinski definition) is 3. The summed E-state index contributed by atoms with van der Waals surface area (Å²) in [4.78, 5) is 0. The van der Waals surface area contributed by atoms with Crippen LogP contribution in [0.2, 0.25) is 0 Å². The predicted molar refractivity (Wildman–Crippen MR) is 80.9 cm³/mol. The lowest BCUT2D eigenvalue weighted by Gasteiger charge is -2.19. The Hall–Kier alpha value is -1.36. The van der Waals surface area contributed by atoms with Crippen LogP contribution in [0.25, 0.3) is 0 Å². The van der Waals surface area contributed by atoms with Gasteiger partial charge in [0.1, 0.15) is 5.75 Å². The second-order valence-corrected chi connectivity index (χ2v) is 5.21. The van der Waals surface area contributed by atoms with E-state index in [-0.39, 0.29) is 6.04 Å². The van der Waals surface area contributed by atoms with E-state index in [0.29, 0.717) is 0 Å². The highest BCUT2D eigenvalue weighted by molar-refractivity contribution is 9.10. The number of para-hydroxylation sites is 1. The summed E-state index contributed by atoms with van der Waals surface area (Å²) >= 11 is 3.48. The van der Waals surface area contributed by atoms with Crippen LogP contribution < -0.4 is 16.0 Å². The fourth-order valence-electron chi connectivity index (χ4n) is 2.11. The summed E-state index contributed by atoms with van der Waals surface area (Å²) in [6.45, 7) is 0. The smallest absolute Gasteiger partial charge is 0.123 e. The highest BCUT2D eigenvalue weighted by atomic mass is 79.9. The molecule has 2 aromatic rings. The van der Waals surface area contributed by atoms with Crippen molar-refractivity contribution in [2.24, 2.45) is 5.84 Å². The van der Waals surface area contributed by atoms with Crippen molar-refractivity contribution in [2.75, 3.05) is 7.11 Å². The number of ether oxygens (including phenoxy) is 1. The number of halogens is 1. The standard InChI is InChI=1S/C15H17BrN2O/c1-19-15-8-3-2-7-13(15)14(18-17)10-11-5-4-6-12(16)9-11/h2-9,14,18H,10,17H2,1H3. The van der Waals surface area contributed by atoms with E-state index >= 15 is 0 Å². The largest absolute Gasteiger partial charge is 0.496 e. The molecule has 19 heavy (non-hydrogen) atoms. The molecule has 100 valence electrons. The first-order valence-electron chi connectivity index (χ1n) is 6.08. The molecule has 4 heteroatoms. The number of nitrogens with one attached hydrogen (secondary N) is 1. The van der Waals surface area contributed by atoms with Crippen LogP contribution in [0.5, 0.6) is 5.75 Å². The average molecular weight is 321 g/mol. The number of hydrazine groups is 1. The van der Waals surface area contributed by atoms with Crippen LogP contribution >= 0.6 is 15.9 Å². The second-order valence-electron chi connectivity index (χ2n) is 4.30. The van der Waals surface area contributed by atoms with E-state index in [1.807, 2.05) is 36.4 Å². The molecule has 2 rings (SSSR count). The maximum Gasteiger partial charge on any atom is 0.123 e. The van der Waals surface area contributed by atoms with E-state index in [4.69, 9.17) is 10.6 Å². The third kappa shape index (κ3) is 3.56. The Morgan fingerprint density at radius 1 is 1.21 bits per heavy atom. The normalized spacial score (nSPS) is 12.2. The van der Waals surface area contributed by atoms with E-state index in [1.165, 1.54) is 5.56 Å². The Morgan fingerprint density at radius 3 is 2.68 bits per heavy atom. The van der Waals surface area contributed by atoms with Crippen molar-refractivity contribution in [3.63, 3.8) is 0 Å². The molecule has 0 saturated heterocycles. The van der Waals surface area contributed by atoms with Gasteiger partial charge in [-0.15, -0.1) is 0 Å². The number of rotatable bonds is 5. The van der Waals surface area contributed by atoms with Crippen molar-refractivity contribution in [3.8, 4) is 5.75 Å². The molecule has 0 bridgehead atoms. The Balaban J connectivity index is 2.25. The Labute approximate surface area is 121 Å². The molecular formula is C15H17BrN2O. The number of methoxy groups -OCH3 is 1. The predicted octanol–water partition coefficient (Wildman–Crippen LogP) is 3.20. The maximum atomic E-state index is 5.70. The molecule has 0 spiro atoms. The summed E-state index contributed by atoms with van der Waals surface area (Å²) in [6.07, 6.45) is 0.802. The second kappa shape index (κ2) is 6.70. The zero-order valence-electron chi connectivity index (χ0n) is 10.8. The van der Waals surface area contributed by atoms with Gasteiger partial charge in [-0.05, 0) is 30.2 Å². The molecule has 0 saturated carbocycles. The highest BCUT2D eigenvalue weighted by Crippen LogP contribution is 2.27. The van der Waals surface area contributed by atoms with Gasteiger partial charge in [0, 0.05) is 10.0 Å². The van der Waals surface area contributed by atoms with Gasteiger partial charge < -0.3 is 4.74 Å². The summed E-state index contributed by atoms with van der Waals surface area (Å²) in [5.74, 6) is 6.54. The summed E-state index contributed by atoms with van der Waals surface area (Å²) in [5.41, 5.74) is 5.14. The van der Waals surface area contributed by atoms with Gasteiger partial charge in [-0.1, -0.05) is 46.3 Å². The van der Waals surface area contributed by atoms with Gasteiger partial charge in [0.15, 0.2) is 0 Å². The van der Waals surface area contributed by atoms with Crippen molar-refractivity contribution in [1.82, 2.24) is 5.43 Å². The Kier molecular flexibility index (Phi) is 4.96. The first kappa shape index (κ1) is 14.1. The first-order chi connectivity index (χ1) is 9.24. The van der Waals surface area contributed by atoms with Crippen molar-refractivity contribution >= 4 is 15.9 Å². The molecule has 1 atom stereocenters. The van der Waals surface area contributed by atoms with Crippen molar-refractivity contribution in [2.45, 2.75) is 12.5 Å². The molecule has 0 amide bonds. The van der Waals surface area contributed by atoms with Gasteiger partial charge >= 0.3 is 0 Å². The molecule has 0 aliphatic carbocycles. The third-order valence-electron chi connectivity index (χ3n) is 3.04. The molecule has 0 aliphatic rings. The fourth-order valence-corrected chi connectivity index (χ4v) is 2.56. The average Bonchev–Trinajstić information content (AvgIpc) is 2.45. The van der Waals surface area contributed by atoms with Crippen LogP contribution in [0.4, 0.5) is 0 Å². The van der Waals surface area contributed by atoms with Crippen LogP contribution in [-0.4, -0.2) is 7.11 Å². The maximum absolute atomic E-state index is 5.70. The molecule has 0 heterocycles. The van der Waals surface area contributed by atoms with Crippen LogP contribution in [0.15, 0.2) is 53.0 Å². The minimum absolute atomic E-state index is 0.0189. The van der Waals surface area contributed by atoms with Gasteiger partial charge in [0.2, 0.25) is 0 Å².